The molecule has 2 heterocycles. The fourth-order valence-electron chi connectivity index (χ4n) is 2.56. The number of carboxylic acids is 1. The first-order valence-corrected chi connectivity index (χ1v) is 8.89. The number of halogens is 1. The molecular formula is C16H16INO3S. The molecule has 0 atom stereocenters. The van der Waals surface area contributed by atoms with E-state index in [0.29, 0.717) is 10.6 Å². The third-order valence-corrected chi connectivity index (χ3v) is 5.73. The smallest absolute Gasteiger partial charge is 0.347 e. The maximum Gasteiger partial charge on any atom is 0.347 e. The number of aromatic nitrogens is 1. The predicted octanol–water partition coefficient (Wildman–Crippen LogP) is 4.52. The first-order valence-electron chi connectivity index (χ1n) is 6.99. The van der Waals surface area contributed by atoms with Crippen molar-refractivity contribution in [2.24, 2.45) is 0 Å². The van der Waals surface area contributed by atoms with Crippen LogP contribution in [0.5, 0.6) is 5.75 Å². The van der Waals surface area contributed by atoms with E-state index in [1.54, 1.807) is 6.92 Å². The second-order valence-corrected chi connectivity index (χ2v) is 8.21. The molecule has 1 N–H and O–H groups in total. The van der Waals surface area contributed by atoms with E-state index in [-0.39, 0.29) is 5.60 Å². The van der Waals surface area contributed by atoms with Gasteiger partial charge in [0.15, 0.2) is 0 Å². The van der Waals surface area contributed by atoms with Crippen molar-refractivity contribution in [2.75, 3.05) is 0 Å². The highest BCUT2D eigenvalue weighted by atomic mass is 127. The van der Waals surface area contributed by atoms with Crippen LogP contribution in [-0.4, -0.2) is 21.7 Å². The monoisotopic (exact) mass is 429 g/mol. The highest BCUT2D eigenvalue weighted by molar-refractivity contribution is 14.1. The summed E-state index contributed by atoms with van der Waals surface area (Å²) in [5.74, 6) is 0.0336. The lowest BCUT2D eigenvalue weighted by Crippen LogP contribution is -2.33. The zero-order valence-corrected chi connectivity index (χ0v) is 15.5. The van der Waals surface area contributed by atoms with E-state index in [1.807, 2.05) is 6.07 Å². The van der Waals surface area contributed by atoms with E-state index in [9.17, 15) is 9.90 Å². The molecule has 0 fully saturated rings. The van der Waals surface area contributed by atoms with Crippen molar-refractivity contribution in [3.8, 4) is 16.3 Å². The Bertz CT molecular complexity index is 767. The molecule has 0 radical (unpaired) electrons. The van der Waals surface area contributed by atoms with Crippen molar-refractivity contribution in [2.45, 2.75) is 39.2 Å². The van der Waals surface area contributed by atoms with Crippen LogP contribution < -0.4 is 4.74 Å². The van der Waals surface area contributed by atoms with Gasteiger partial charge < -0.3 is 9.84 Å². The van der Waals surface area contributed by atoms with Crippen LogP contribution in [0.1, 0.15) is 41.2 Å². The summed E-state index contributed by atoms with van der Waals surface area (Å²) in [6.07, 6.45) is 1.93. The summed E-state index contributed by atoms with van der Waals surface area (Å²) in [7, 11) is 0. The van der Waals surface area contributed by atoms with Crippen LogP contribution in [0.15, 0.2) is 12.1 Å². The summed E-state index contributed by atoms with van der Waals surface area (Å²) in [5.41, 5.74) is 2.57. The number of thiazole rings is 1. The largest absolute Gasteiger partial charge is 0.486 e. The van der Waals surface area contributed by atoms with Gasteiger partial charge in [-0.1, -0.05) is 0 Å². The van der Waals surface area contributed by atoms with Crippen molar-refractivity contribution in [1.82, 2.24) is 4.98 Å². The van der Waals surface area contributed by atoms with Gasteiger partial charge in [0.2, 0.25) is 0 Å². The van der Waals surface area contributed by atoms with Crippen LogP contribution in [0.4, 0.5) is 0 Å². The summed E-state index contributed by atoms with van der Waals surface area (Å²) >= 11 is 3.50. The molecule has 0 saturated carbocycles. The van der Waals surface area contributed by atoms with Crippen LogP contribution in [-0.2, 0) is 6.42 Å². The van der Waals surface area contributed by atoms with E-state index in [2.05, 4.69) is 47.5 Å². The Kier molecular flexibility index (Phi) is 3.92. The molecule has 4 nitrogen and oxygen atoms in total. The van der Waals surface area contributed by atoms with Gasteiger partial charge in [-0.2, -0.15) is 0 Å². The quantitative estimate of drug-likeness (QED) is 0.714. The molecule has 2 aromatic rings. The minimum absolute atomic E-state index is 0.136. The number of ether oxygens (including phenoxy) is 1. The summed E-state index contributed by atoms with van der Waals surface area (Å²) in [4.78, 5) is 15.9. The minimum atomic E-state index is -0.918. The Morgan fingerprint density at radius 2 is 2.18 bits per heavy atom. The van der Waals surface area contributed by atoms with Crippen LogP contribution >= 0.6 is 33.9 Å². The van der Waals surface area contributed by atoms with E-state index in [0.717, 1.165) is 32.7 Å². The fourth-order valence-corrected chi connectivity index (χ4v) is 4.24. The normalized spacial score (nSPS) is 16.0. The summed E-state index contributed by atoms with van der Waals surface area (Å²) in [6.45, 7) is 5.94. The molecule has 116 valence electrons. The van der Waals surface area contributed by atoms with Crippen molar-refractivity contribution < 1.29 is 14.6 Å². The van der Waals surface area contributed by atoms with Gasteiger partial charge >= 0.3 is 5.97 Å². The zero-order chi connectivity index (χ0) is 16.1. The predicted molar refractivity (Wildman–Crippen MR) is 95.0 cm³/mol. The maximum absolute atomic E-state index is 11.2. The second-order valence-electron chi connectivity index (χ2n) is 6.05. The van der Waals surface area contributed by atoms with Crippen LogP contribution in [0, 0.1) is 10.5 Å². The van der Waals surface area contributed by atoms with Gasteiger partial charge in [-0.15, -0.1) is 11.3 Å². The Morgan fingerprint density at radius 1 is 1.45 bits per heavy atom. The molecule has 0 saturated heterocycles. The van der Waals surface area contributed by atoms with Gasteiger partial charge in [-0.05, 0) is 73.9 Å². The molecule has 0 bridgehead atoms. The van der Waals surface area contributed by atoms with Gasteiger partial charge in [0, 0.05) is 5.56 Å². The molecule has 3 rings (SSSR count). The van der Waals surface area contributed by atoms with Gasteiger partial charge in [0.1, 0.15) is 21.2 Å². The minimum Gasteiger partial charge on any atom is -0.486 e. The van der Waals surface area contributed by atoms with Crippen molar-refractivity contribution in [1.29, 1.82) is 0 Å². The lowest BCUT2D eigenvalue weighted by Gasteiger charge is -2.33. The molecule has 0 aliphatic carbocycles. The lowest BCUT2D eigenvalue weighted by atomic mass is 9.93. The summed E-state index contributed by atoms with van der Waals surface area (Å²) < 4.78 is 7.13. The molecule has 1 aromatic heterocycles. The lowest BCUT2D eigenvalue weighted by molar-refractivity contribution is 0.0701. The highest BCUT2D eigenvalue weighted by Crippen LogP contribution is 2.40. The fraction of sp³-hybridized carbons (Fsp3) is 0.375. The molecule has 0 spiro atoms. The van der Waals surface area contributed by atoms with Crippen molar-refractivity contribution >= 4 is 39.9 Å². The number of aromatic carboxylic acids is 1. The molecule has 0 amide bonds. The number of hydrogen-bond acceptors (Lipinski definition) is 4. The molecule has 0 unspecified atom stereocenters. The Balaban J connectivity index is 2.05. The third-order valence-electron chi connectivity index (χ3n) is 3.73. The van der Waals surface area contributed by atoms with E-state index in [4.69, 9.17) is 4.74 Å². The molecule has 1 aromatic carbocycles. The number of carbonyl (C=O) groups is 1. The molecule has 1 aliphatic heterocycles. The number of fused-ring (bicyclic) bond motifs is 1. The maximum atomic E-state index is 11.2. The van der Waals surface area contributed by atoms with Crippen molar-refractivity contribution in [3.63, 3.8) is 0 Å². The van der Waals surface area contributed by atoms with Crippen molar-refractivity contribution in [3.05, 3.63) is 31.8 Å². The molecular weight excluding hydrogens is 413 g/mol. The van der Waals surface area contributed by atoms with E-state index in [1.165, 1.54) is 16.9 Å². The number of nitrogens with zero attached hydrogens (tertiary/aromatic N) is 1. The van der Waals surface area contributed by atoms with Gasteiger partial charge in [0.05, 0.1) is 9.26 Å². The number of aryl methyl sites for hydroxylation is 2. The van der Waals surface area contributed by atoms with E-state index >= 15 is 0 Å². The molecule has 22 heavy (non-hydrogen) atoms. The SMILES string of the molecule is Cc1nc(-c2cc(I)c3c(c2)CCC(C)(C)O3)sc1C(=O)O. The second kappa shape index (κ2) is 5.49. The molecule has 1 aliphatic rings. The summed E-state index contributed by atoms with van der Waals surface area (Å²) in [5, 5.41) is 9.93. The third kappa shape index (κ3) is 2.86. The average Bonchev–Trinajstić information content (AvgIpc) is 2.81. The van der Waals surface area contributed by atoms with Crippen LogP contribution in [0.3, 0.4) is 0 Å². The number of rotatable bonds is 2. The van der Waals surface area contributed by atoms with E-state index < -0.39 is 5.97 Å². The first-order chi connectivity index (χ1) is 10.3. The Morgan fingerprint density at radius 3 is 2.82 bits per heavy atom. The first kappa shape index (κ1) is 15.7. The number of benzene rings is 1. The number of hydrogen-bond donors (Lipinski definition) is 1. The Labute approximate surface area is 146 Å². The average molecular weight is 429 g/mol. The zero-order valence-electron chi connectivity index (χ0n) is 12.6. The standard InChI is InChI=1S/C16H16INO3S/c1-8-13(15(19)20)22-14(18-8)10-6-9-4-5-16(2,3)21-12(9)11(17)7-10/h6-7H,4-5H2,1-3H3,(H,19,20). The summed E-state index contributed by atoms with van der Waals surface area (Å²) in [6, 6.07) is 4.10. The Hall–Kier alpha value is -1.15. The highest BCUT2D eigenvalue weighted by Gasteiger charge is 2.29. The van der Waals surface area contributed by atoms with Gasteiger partial charge in [-0.3, -0.25) is 0 Å². The van der Waals surface area contributed by atoms with Crippen LogP contribution in [0.25, 0.3) is 10.6 Å². The molecule has 6 heteroatoms. The van der Waals surface area contributed by atoms with Gasteiger partial charge in [-0.25, -0.2) is 9.78 Å². The van der Waals surface area contributed by atoms with Gasteiger partial charge in [0.25, 0.3) is 0 Å². The van der Waals surface area contributed by atoms with Crippen LogP contribution in [0.2, 0.25) is 0 Å². The topological polar surface area (TPSA) is 59.4 Å². The number of carboxylic acid groups (broad SMARTS) is 1.